The topological polar surface area (TPSA) is 50.3 Å². The second-order valence-electron chi connectivity index (χ2n) is 4.90. The van der Waals surface area contributed by atoms with Gasteiger partial charge in [0, 0.05) is 26.2 Å². The van der Waals surface area contributed by atoms with E-state index < -0.39 is 0 Å². The van der Waals surface area contributed by atoms with E-state index in [1.54, 1.807) is 13.4 Å². The summed E-state index contributed by atoms with van der Waals surface area (Å²) in [5, 5.41) is 3.27. The van der Waals surface area contributed by atoms with Gasteiger partial charge in [-0.25, -0.2) is 9.97 Å². The van der Waals surface area contributed by atoms with Gasteiger partial charge in [0.15, 0.2) is 0 Å². The molecular weight excluding hydrogens is 264 g/mol. The van der Waals surface area contributed by atoms with E-state index in [0.717, 1.165) is 36.9 Å². The van der Waals surface area contributed by atoms with E-state index in [2.05, 4.69) is 33.2 Å². The maximum Gasteiger partial charge on any atom is 0.134 e. The number of nitrogens with zero attached hydrogens (tertiary/aromatic N) is 3. The van der Waals surface area contributed by atoms with Crippen molar-refractivity contribution in [2.45, 2.75) is 19.9 Å². The SMILES string of the molecule is CCCNc1cc(N(C)Cc2cccc(OC)c2)ncn1. The van der Waals surface area contributed by atoms with Gasteiger partial charge in [0.25, 0.3) is 0 Å². The molecule has 2 rings (SSSR count). The average molecular weight is 286 g/mol. The minimum Gasteiger partial charge on any atom is -0.497 e. The summed E-state index contributed by atoms with van der Waals surface area (Å²) in [6.45, 7) is 3.81. The number of rotatable bonds is 7. The predicted octanol–water partition coefficient (Wildman–Crippen LogP) is 2.94. The standard InChI is InChI=1S/C16H22N4O/c1-4-8-17-15-10-16(19-12-18-15)20(2)11-13-6-5-7-14(9-13)21-3/h5-7,9-10,12H,4,8,11H2,1-3H3,(H,17,18,19). The Labute approximate surface area is 126 Å². The van der Waals surface area contributed by atoms with Gasteiger partial charge in [-0.3, -0.25) is 0 Å². The molecule has 2 aromatic rings. The molecule has 1 N–H and O–H groups in total. The van der Waals surface area contributed by atoms with Crippen molar-refractivity contribution < 1.29 is 4.74 Å². The monoisotopic (exact) mass is 286 g/mol. The highest BCUT2D eigenvalue weighted by atomic mass is 16.5. The molecule has 0 radical (unpaired) electrons. The number of nitrogens with one attached hydrogen (secondary N) is 1. The third-order valence-electron chi connectivity index (χ3n) is 3.15. The molecule has 0 amide bonds. The molecule has 0 saturated carbocycles. The number of benzene rings is 1. The van der Waals surface area contributed by atoms with Gasteiger partial charge in [-0.05, 0) is 24.1 Å². The van der Waals surface area contributed by atoms with Gasteiger partial charge in [0.2, 0.25) is 0 Å². The van der Waals surface area contributed by atoms with Crippen molar-refractivity contribution in [2.75, 3.05) is 30.9 Å². The van der Waals surface area contributed by atoms with Crippen LogP contribution in [-0.2, 0) is 6.54 Å². The van der Waals surface area contributed by atoms with E-state index in [1.165, 1.54) is 5.56 Å². The molecule has 0 unspecified atom stereocenters. The smallest absolute Gasteiger partial charge is 0.134 e. The predicted molar refractivity (Wildman–Crippen MR) is 85.9 cm³/mol. The maximum atomic E-state index is 5.25. The van der Waals surface area contributed by atoms with Crippen LogP contribution in [0.1, 0.15) is 18.9 Å². The molecular formula is C16H22N4O. The fourth-order valence-corrected chi connectivity index (χ4v) is 2.03. The third kappa shape index (κ3) is 4.34. The fraction of sp³-hybridized carbons (Fsp3) is 0.375. The highest BCUT2D eigenvalue weighted by molar-refractivity contribution is 5.48. The van der Waals surface area contributed by atoms with Crippen molar-refractivity contribution in [3.05, 3.63) is 42.2 Å². The van der Waals surface area contributed by atoms with Gasteiger partial charge in [0.1, 0.15) is 23.7 Å². The van der Waals surface area contributed by atoms with Crippen LogP contribution in [0.3, 0.4) is 0 Å². The molecule has 0 saturated heterocycles. The normalized spacial score (nSPS) is 10.2. The molecule has 5 heteroatoms. The summed E-state index contributed by atoms with van der Waals surface area (Å²) in [5.74, 6) is 2.62. The van der Waals surface area contributed by atoms with Gasteiger partial charge in [0.05, 0.1) is 7.11 Å². The van der Waals surface area contributed by atoms with E-state index in [9.17, 15) is 0 Å². The average Bonchev–Trinajstić information content (AvgIpc) is 2.53. The van der Waals surface area contributed by atoms with Crippen molar-refractivity contribution in [3.8, 4) is 5.75 Å². The fourth-order valence-electron chi connectivity index (χ4n) is 2.03. The summed E-state index contributed by atoms with van der Waals surface area (Å²) < 4.78 is 5.25. The molecule has 0 aliphatic heterocycles. The molecule has 0 aliphatic carbocycles. The lowest BCUT2D eigenvalue weighted by Gasteiger charge is -2.19. The van der Waals surface area contributed by atoms with Gasteiger partial charge in [-0.15, -0.1) is 0 Å². The Hall–Kier alpha value is -2.30. The van der Waals surface area contributed by atoms with E-state index >= 15 is 0 Å². The lowest BCUT2D eigenvalue weighted by atomic mass is 10.2. The zero-order chi connectivity index (χ0) is 15.1. The summed E-state index contributed by atoms with van der Waals surface area (Å²) in [7, 11) is 3.70. The second kappa shape index (κ2) is 7.47. The maximum absolute atomic E-state index is 5.25. The summed E-state index contributed by atoms with van der Waals surface area (Å²) in [5.41, 5.74) is 1.18. The Morgan fingerprint density at radius 3 is 2.86 bits per heavy atom. The minimum atomic E-state index is 0.765. The Bertz CT molecular complexity index is 574. The van der Waals surface area contributed by atoms with Crippen LogP contribution in [0.15, 0.2) is 36.7 Å². The number of anilines is 2. The van der Waals surface area contributed by atoms with Crippen LogP contribution in [0.5, 0.6) is 5.75 Å². The van der Waals surface area contributed by atoms with Crippen molar-refractivity contribution >= 4 is 11.6 Å². The van der Waals surface area contributed by atoms with Gasteiger partial charge < -0.3 is 15.0 Å². The Morgan fingerprint density at radius 1 is 1.24 bits per heavy atom. The van der Waals surface area contributed by atoms with Crippen molar-refractivity contribution in [3.63, 3.8) is 0 Å². The van der Waals surface area contributed by atoms with Crippen molar-refractivity contribution in [1.82, 2.24) is 9.97 Å². The molecule has 1 heterocycles. The van der Waals surface area contributed by atoms with Gasteiger partial charge >= 0.3 is 0 Å². The molecule has 0 bridgehead atoms. The first kappa shape index (κ1) is 15.1. The first-order valence-corrected chi connectivity index (χ1v) is 7.13. The second-order valence-corrected chi connectivity index (χ2v) is 4.90. The lowest BCUT2D eigenvalue weighted by Crippen LogP contribution is -2.18. The summed E-state index contributed by atoms with van der Waals surface area (Å²) in [6, 6.07) is 10.0. The molecule has 21 heavy (non-hydrogen) atoms. The Balaban J connectivity index is 2.06. The van der Waals surface area contributed by atoms with Crippen LogP contribution in [0, 0.1) is 0 Å². The van der Waals surface area contributed by atoms with Crippen LogP contribution < -0.4 is 15.0 Å². The lowest BCUT2D eigenvalue weighted by molar-refractivity contribution is 0.414. The summed E-state index contributed by atoms with van der Waals surface area (Å²) >= 11 is 0. The number of ether oxygens (including phenoxy) is 1. The van der Waals surface area contributed by atoms with E-state index in [0.29, 0.717) is 0 Å². The number of aromatic nitrogens is 2. The van der Waals surface area contributed by atoms with Crippen LogP contribution >= 0.6 is 0 Å². The Morgan fingerprint density at radius 2 is 2.10 bits per heavy atom. The van der Waals surface area contributed by atoms with E-state index in [1.807, 2.05) is 31.3 Å². The van der Waals surface area contributed by atoms with E-state index in [-0.39, 0.29) is 0 Å². The first-order valence-electron chi connectivity index (χ1n) is 7.13. The molecule has 1 aromatic heterocycles. The number of hydrogen-bond acceptors (Lipinski definition) is 5. The molecule has 5 nitrogen and oxygen atoms in total. The van der Waals surface area contributed by atoms with E-state index in [4.69, 9.17) is 4.74 Å². The molecule has 0 fully saturated rings. The third-order valence-corrected chi connectivity index (χ3v) is 3.15. The summed E-state index contributed by atoms with van der Waals surface area (Å²) in [6.07, 6.45) is 2.66. The van der Waals surface area contributed by atoms with Crippen LogP contribution in [0.4, 0.5) is 11.6 Å². The largest absolute Gasteiger partial charge is 0.497 e. The van der Waals surface area contributed by atoms with Gasteiger partial charge in [-0.2, -0.15) is 0 Å². The first-order chi connectivity index (χ1) is 10.2. The molecule has 0 aliphatic rings. The number of methoxy groups -OCH3 is 1. The van der Waals surface area contributed by atoms with Crippen LogP contribution in [0.2, 0.25) is 0 Å². The zero-order valence-electron chi connectivity index (χ0n) is 12.8. The van der Waals surface area contributed by atoms with Crippen LogP contribution in [-0.4, -0.2) is 30.7 Å². The van der Waals surface area contributed by atoms with Crippen molar-refractivity contribution in [1.29, 1.82) is 0 Å². The number of hydrogen-bond donors (Lipinski definition) is 1. The molecule has 112 valence electrons. The molecule has 1 aromatic carbocycles. The van der Waals surface area contributed by atoms with Crippen molar-refractivity contribution in [2.24, 2.45) is 0 Å². The van der Waals surface area contributed by atoms with Crippen LogP contribution in [0.25, 0.3) is 0 Å². The van der Waals surface area contributed by atoms with Gasteiger partial charge in [-0.1, -0.05) is 19.1 Å². The highest BCUT2D eigenvalue weighted by Gasteiger charge is 2.06. The zero-order valence-corrected chi connectivity index (χ0v) is 12.8. The minimum absolute atomic E-state index is 0.765. The Kier molecular flexibility index (Phi) is 5.37. The molecule has 0 atom stereocenters. The highest BCUT2D eigenvalue weighted by Crippen LogP contribution is 2.18. The quantitative estimate of drug-likeness (QED) is 0.848. The summed E-state index contributed by atoms with van der Waals surface area (Å²) in [4.78, 5) is 10.6. The molecule has 0 spiro atoms.